The van der Waals surface area contributed by atoms with Gasteiger partial charge in [-0.3, -0.25) is 0 Å². The summed E-state index contributed by atoms with van der Waals surface area (Å²) in [4.78, 5) is 12.0. The first-order valence-electron chi connectivity index (χ1n) is 7.03. The molecule has 3 aromatic rings. The van der Waals surface area contributed by atoms with Gasteiger partial charge in [0.1, 0.15) is 28.7 Å². The Morgan fingerprint density at radius 2 is 1.36 bits per heavy atom. The molecule has 0 atom stereocenters. The molecule has 0 bridgehead atoms. The summed E-state index contributed by atoms with van der Waals surface area (Å²) < 4.78 is 63.9. The Labute approximate surface area is 139 Å². The maximum Gasteiger partial charge on any atom is 0.349 e. The van der Waals surface area contributed by atoms with E-state index in [1.165, 1.54) is 25.3 Å². The predicted octanol–water partition coefficient (Wildman–Crippen LogP) is 4.62. The van der Waals surface area contributed by atoms with Gasteiger partial charge in [-0.25, -0.2) is 22.4 Å². The number of carbonyl (C=O) groups is 1. The van der Waals surface area contributed by atoms with E-state index in [-0.39, 0.29) is 16.9 Å². The van der Waals surface area contributed by atoms with Crippen molar-refractivity contribution in [1.82, 2.24) is 0 Å². The summed E-state index contributed by atoms with van der Waals surface area (Å²) >= 11 is 0. The molecule has 0 aromatic heterocycles. The van der Waals surface area contributed by atoms with Gasteiger partial charge in [0.05, 0.1) is 7.11 Å². The summed E-state index contributed by atoms with van der Waals surface area (Å²) in [5.41, 5.74) is -0.883. The van der Waals surface area contributed by atoms with Crippen LogP contribution in [0.2, 0.25) is 0 Å². The molecule has 0 amide bonds. The van der Waals surface area contributed by atoms with Crippen molar-refractivity contribution >= 4 is 16.7 Å². The second-order valence-electron chi connectivity index (χ2n) is 5.13. The van der Waals surface area contributed by atoms with Crippen molar-refractivity contribution < 1.29 is 31.8 Å². The number of benzene rings is 3. The molecule has 3 rings (SSSR count). The third-order valence-electron chi connectivity index (χ3n) is 3.52. The Morgan fingerprint density at radius 1 is 0.760 bits per heavy atom. The fourth-order valence-corrected chi connectivity index (χ4v) is 2.30. The zero-order chi connectivity index (χ0) is 18.1. The van der Waals surface area contributed by atoms with E-state index in [9.17, 15) is 22.4 Å². The Balaban J connectivity index is 1.93. The van der Waals surface area contributed by atoms with Crippen molar-refractivity contribution in [3.63, 3.8) is 0 Å². The molecule has 0 saturated carbocycles. The topological polar surface area (TPSA) is 35.5 Å². The molecule has 0 aliphatic heterocycles. The highest BCUT2D eigenvalue weighted by Crippen LogP contribution is 2.26. The number of hydrogen-bond donors (Lipinski definition) is 0. The van der Waals surface area contributed by atoms with Gasteiger partial charge in [-0.15, -0.1) is 0 Å². The van der Waals surface area contributed by atoms with E-state index in [0.29, 0.717) is 5.39 Å². The van der Waals surface area contributed by atoms with E-state index in [1.807, 2.05) is 0 Å². The summed E-state index contributed by atoms with van der Waals surface area (Å²) in [6.07, 6.45) is 0. The number of carbonyl (C=O) groups excluding carboxylic acids is 1. The number of esters is 1. The van der Waals surface area contributed by atoms with Gasteiger partial charge < -0.3 is 9.47 Å². The second-order valence-corrected chi connectivity index (χ2v) is 5.13. The van der Waals surface area contributed by atoms with Crippen LogP contribution < -0.4 is 9.47 Å². The molecule has 0 aliphatic rings. The molecule has 0 N–H and O–H groups in total. The molecule has 7 heteroatoms. The van der Waals surface area contributed by atoms with Crippen molar-refractivity contribution in [3.8, 4) is 11.5 Å². The maximum absolute atomic E-state index is 13.9. The van der Waals surface area contributed by atoms with E-state index in [1.54, 1.807) is 0 Å². The molecule has 25 heavy (non-hydrogen) atoms. The molecule has 0 spiro atoms. The lowest BCUT2D eigenvalue weighted by atomic mass is 10.1. The standard InChI is InChI=1S/C18H10F4O3/c1-24-12-7-15(21)17(16(22)8-12)18(23)25-11-3-2-9-5-13(19)14(20)6-10(9)4-11/h2-8H,1H3. The van der Waals surface area contributed by atoms with Crippen LogP contribution in [0.1, 0.15) is 10.4 Å². The summed E-state index contributed by atoms with van der Waals surface area (Å²) in [6.45, 7) is 0. The molecule has 0 unspecified atom stereocenters. The van der Waals surface area contributed by atoms with Crippen LogP contribution in [0.4, 0.5) is 17.6 Å². The van der Waals surface area contributed by atoms with E-state index in [2.05, 4.69) is 0 Å². The highest BCUT2D eigenvalue weighted by molar-refractivity contribution is 5.93. The minimum Gasteiger partial charge on any atom is -0.497 e. The zero-order valence-electron chi connectivity index (χ0n) is 12.8. The average molecular weight is 350 g/mol. The number of rotatable bonds is 3. The fraction of sp³-hybridized carbons (Fsp3) is 0.0556. The van der Waals surface area contributed by atoms with Crippen LogP contribution in [0.25, 0.3) is 10.8 Å². The van der Waals surface area contributed by atoms with E-state index in [0.717, 1.165) is 24.3 Å². The number of hydrogen-bond acceptors (Lipinski definition) is 3. The monoisotopic (exact) mass is 350 g/mol. The first-order valence-corrected chi connectivity index (χ1v) is 7.03. The smallest absolute Gasteiger partial charge is 0.349 e. The first-order chi connectivity index (χ1) is 11.9. The van der Waals surface area contributed by atoms with Crippen LogP contribution >= 0.6 is 0 Å². The minimum absolute atomic E-state index is 0.0712. The van der Waals surface area contributed by atoms with Crippen molar-refractivity contribution in [2.45, 2.75) is 0 Å². The van der Waals surface area contributed by atoms with E-state index < -0.39 is 34.8 Å². The van der Waals surface area contributed by atoms with Crippen molar-refractivity contribution in [1.29, 1.82) is 0 Å². The molecule has 0 aliphatic carbocycles. The molecule has 0 heterocycles. The maximum atomic E-state index is 13.9. The second kappa shape index (κ2) is 6.43. The summed E-state index contributed by atoms with van der Waals surface area (Å²) in [5.74, 6) is -5.79. The first kappa shape index (κ1) is 16.8. The molecule has 128 valence electrons. The normalized spacial score (nSPS) is 10.8. The van der Waals surface area contributed by atoms with Gasteiger partial charge in [0.15, 0.2) is 11.6 Å². The molecule has 0 fully saturated rings. The molecule has 3 nitrogen and oxygen atoms in total. The largest absolute Gasteiger partial charge is 0.497 e. The number of methoxy groups -OCH3 is 1. The third kappa shape index (κ3) is 3.26. The van der Waals surface area contributed by atoms with Crippen molar-refractivity contribution in [3.05, 3.63) is 71.3 Å². The summed E-state index contributed by atoms with van der Waals surface area (Å²) in [7, 11) is 1.23. The van der Waals surface area contributed by atoms with Gasteiger partial charge in [-0.05, 0) is 35.0 Å². The Kier molecular flexibility index (Phi) is 4.31. The van der Waals surface area contributed by atoms with Crippen LogP contribution in [0, 0.1) is 23.3 Å². The summed E-state index contributed by atoms with van der Waals surface area (Å²) in [6, 6.07) is 7.55. The molecule has 0 radical (unpaired) electrons. The zero-order valence-corrected chi connectivity index (χ0v) is 12.8. The Hall–Kier alpha value is -3.09. The predicted molar refractivity (Wildman–Crippen MR) is 81.7 cm³/mol. The SMILES string of the molecule is COc1cc(F)c(C(=O)Oc2ccc3cc(F)c(F)cc3c2)c(F)c1. The molecule has 0 saturated heterocycles. The number of halogens is 4. The van der Waals surface area contributed by atoms with Gasteiger partial charge in [-0.1, -0.05) is 6.07 Å². The minimum atomic E-state index is -1.26. The van der Waals surface area contributed by atoms with Gasteiger partial charge in [0, 0.05) is 12.1 Å². The lowest BCUT2D eigenvalue weighted by molar-refractivity contribution is 0.0724. The van der Waals surface area contributed by atoms with E-state index in [4.69, 9.17) is 9.47 Å². The highest BCUT2D eigenvalue weighted by atomic mass is 19.2. The highest BCUT2D eigenvalue weighted by Gasteiger charge is 2.21. The molecular formula is C18H10F4O3. The van der Waals surface area contributed by atoms with Crippen LogP contribution in [-0.4, -0.2) is 13.1 Å². The lowest BCUT2D eigenvalue weighted by Gasteiger charge is -2.09. The van der Waals surface area contributed by atoms with Crippen LogP contribution in [-0.2, 0) is 0 Å². The van der Waals surface area contributed by atoms with Crippen LogP contribution in [0.5, 0.6) is 11.5 Å². The fourth-order valence-electron chi connectivity index (χ4n) is 2.30. The van der Waals surface area contributed by atoms with Crippen molar-refractivity contribution in [2.24, 2.45) is 0 Å². The Bertz CT molecular complexity index is 962. The van der Waals surface area contributed by atoms with Gasteiger partial charge in [0.25, 0.3) is 0 Å². The molecule has 3 aromatic carbocycles. The van der Waals surface area contributed by atoms with Gasteiger partial charge in [-0.2, -0.15) is 0 Å². The lowest BCUT2D eigenvalue weighted by Crippen LogP contribution is -2.13. The number of fused-ring (bicyclic) bond motifs is 1. The quantitative estimate of drug-likeness (QED) is 0.393. The van der Waals surface area contributed by atoms with E-state index >= 15 is 0 Å². The third-order valence-corrected chi connectivity index (χ3v) is 3.52. The number of ether oxygens (including phenoxy) is 2. The average Bonchev–Trinajstić information content (AvgIpc) is 2.55. The van der Waals surface area contributed by atoms with Crippen LogP contribution in [0.3, 0.4) is 0 Å². The van der Waals surface area contributed by atoms with Gasteiger partial charge >= 0.3 is 5.97 Å². The van der Waals surface area contributed by atoms with Crippen molar-refractivity contribution in [2.75, 3.05) is 7.11 Å². The Morgan fingerprint density at radius 3 is 1.96 bits per heavy atom. The summed E-state index contributed by atoms with van der Waals surface area (Å²) in [5, 5.41) is 0.639. The van der Waals surface area contributed by atoms with Gasteiger partial charge in [0.2, 0.25) is 0 Å². The van der Waals surface area contributed by atoms with Crippen LogP contribution in [0.15, 0.2) is 42.5 Å². The molecular weight excluding hydrogens is 340 g/mol.